The van der Waals surface area contributed by atoms with Gasteiger partial charge < -0.3 is 5.32 Å². The largest absolute Gasteiger partial charge is 0.310 e. The van der Waals surface area contributed by atoms with E-state index in [1.165, 1.54) is 44.1 Å². The van der Waals surface area contributed by atoms with Crippen molar-refractivity contribution in [3.05, 3.63) is 33.3 Å². The first-order valence-electron chi connectivity index (χ1n) is 7.38. The zero-order valence-electron chi connectivity index (χ0n) is 11.6. The van der Waals surface area contributed by atoms with Crippen LogP contribution in [-0.4, -0.2) is 6.04 Å². The van der Waals surface area contributed by atoms with E-state index in [2.05, 4.69) is 34.2 Å². The average Bonchev–Trinajstić information content (AvgIpc) is 2.44. The Hall–Kier alpha value is -0.0500. The van der Waals surface area contributed by atoms with Gasteiger partial charge >= 0.3 is 0 Å². The minimum absolute atomic E-state index is 0.635. The molecule has 2 rings (SSSR count). The van der Waals surface area contributed by atoms with E-state index in [1.54, 1.807) is 0 Å². The lowest BCUT2D eigenvalue weighted by Gasteiger charge is -2.30. The second-order valence-corrected chi connectivity index (χ2v) is 6.85. The zero-order chi connectivity index (χ0) is 13.7. The summed E-state index contributed by atoms with van der Waals surface area (Å²) in [4.78, 5) is 0. The quantitative estimate of drug-likeness (QED) is 0.738. The van der Waals surface area contributed by atoms with Crippen molar-refractivity contribution in [2.45, 2.75) is 58.0 Å². The number of nitrogens with one attached hydrogen (secondary N) is 1. The van der Waals surface area contributed by atoms with Gasteiger partial charge in [-0.15, -0.1) is 0 Å². The Balaban J connectivity index is 1.93. The van der Waals surface area contributed by atoms with E-state index in [0.29, 0.717) is 6.04 Å². The minimum atomic E-state index is 0.635. The van der Waals surface area contributed by atoms with Crippen LogP contribution in [0.25, 0.3) is 0 Å². The van der Waals surface area contributed by atoms with Crippen molar-refractivity contribution in [3.8, 4) is 0 Å². The van der Waals surface area contributed by atoms with Crippen LogP contribution >= 0.6 is 27.5 Å². The van der Waals surface area contributed by atoms with Crippen LogP contribution in [0.4, 0.5) is 0 Å². The van der Waals surface area contributed by atoms with Crippen molar-refractivity contribution in [3.63, 3.8) is 0 Å². The lowest BCUT2D eigenvalue weighted by atomic mass is 9.83. The molecule has 1 aromatic rings. The number of rotatable bonds is 5. The molecule has 1 saturated carbocycles. The molecule has 19 heavy (non-hydrogen) atoms. The Morgan fingerprint density at radius 2 is 2.05 bits per heavy atom. The van der Waals surface area contributed by atoms with Gasteiger partial charge in [-0.3, -0.25) is 0 Å². The molecule has 1 nitrogen and oxygen atoms in total. The SMILES string of the molecule is CCC(NCc1cc(Br)ccc1Cl)C1CCCCC1. The smallest absolute Gasteiger partial charge is 0.0451 e. The molecule has 1 N–H and O–H groups in total. The highest BCUT2D eigenvalue weighted by Gasteiger charge is 2.21. The van der Waals surface area contributed by atoms with Crippen LogP contribution in [0.15, 0.2) is 22.7 Å². The highest BCUT2D eigenvalue weighted by molar-refractivity contribution is 9.10. The summed E-state index contributed by atoms with van der Waals surface area (Å²) in [7, 11) is 0. The van der Waals surface area contributed by atoms with Crippen molar-refractivity contribution < 1.29 is 0 Å². The molecule has 1 aliphatic rings. The first kappa shape index (κ1) is 15.3. The Labute approximate surface area is 130 Å². The summed E-state index contributed by atoms with van der Waals surface area (Å²) in [5, 5.41) is 4.57. The predicted octanol–water partition coefficient (Wildman–Crippen LogP) is 5.55. The van der Waals surface area contributed by atoms with Gasteiger partial charge in [0, 0.05) is 22.1 Å². The molecule has 0 spiro atoms. The van der Waals surface area contributed by atoms with E-state index in [-0.39, 0.29) is 0 Å². The Kier molecular flexibility index (Phi) is 6.18. The van der Waals surface area contributed by atoms with E-state index < -0.39 is 0 Å². The molecule has 1 fully saturated rings. The second-order valence-electron chi connectivity index (χ2n) is 5.53. The number of hydrogen-bond donors (Lipinski definition) is 1. The van der Waals surface area contributed by atoms with Crippen LogP contribution in [0.2, 0.25) is 5.02 Å². The van der Waals surface area contributed by atoms with Crippen molar-refractivity contribution in [2.24, 2.45) is 5.92 Å². The van der Waals surface area contributed by atoms with Crippen LogP contribution in [-0.2, 0) is 6.54 Å². The Morgan fingerprint density at radius 1 is 1.32 bits per heavy atom. The molecular weight excluding hydrogens is 322 g/mol. The maximum atomic E-state index is 6.25. The maximum absolute atomic E-state index is 6.25. The molecule has 0 aromatic heterocycles. The topological polar surface area (TPSA) is 12.0 Å². The molecule has 1 aromatic carbocycles. The molecular formula is C16H23BrClN. The third-order valence-electron chi connectivity index (χ3n) is 4.22. The molecule has 106 valence electrons. The van der Waals surface area contributed by atoms with Crippen molar-refractivity contribution >= 4 is 27.5 Å². The van der Waals surface area contributed by atoms with Crippen molar-refractivity contribution in [2.75, 3.05) is 0 Å². The van der Waals surface area contributed by atoms with Gasteiger partial charge in [0.05, 0.1) is 0 Å². The minimum Gasteiger partial charge on any atom is -0.310 e. The monoisotopic (exact) mass is 343 g/mol. The summed E-state index contributed by atoms with van der Waals surface area (Å²) >= 11 is 9.76. The normalized spacial score (nSPS) is 18.5. The van der Waals surface area contributed by atoms with Gasteiger partial charge in [-0.2, -0.15) is 0 Å². The van der Waals surface area contributed by atoms with E-state index >= 15 is 0 Å². The van der Waals surface area contributed by atoms with E-state index in [1.807, 2.05) is 12.1 Å². The first-order chi connectivity index (χ1) is 9.20. The van der Waals surface area contributed by atoms with Crippen molar-refractivity contribution in [1.29, 1.82) is 0 Å². The van der Waals surface area contributed by atoms with Crippen molar-refractivity contribution in [1.82, 2.24) is 5.32 Å². The number of hydrogen-bond acceptors (Lipinski definition) is 1. The first-order valence-corrected chi connectivity index (χ1v) is 8.55. The van der Waals surface area contributed by atoms with Gasteiger partial charge in [0.1, 0.15) is 0 Å². The fraction of sp³-hybridized carbons (Fsp3) is 0.625. The van der Waals surface area contributed by atoms with Gasteiger partial charge in [-0.1, -0.05) is 53.7 Å². The molecule has 1 aliphatic carbocycles. The summed E-state index contributed by atoms with van der Waals surface area (Å²) in [6.45, 7) is 3.15. The summed E-state index contributed by atoms with van der Waals surface area (Å²) in [5.41, 5.74) is 1.19. The zero-order valence-corrected chi connectivity index (χ0v) is 13.9. The third kappa shape index (κ3) is 4.47. The van der Waals surface area contributed by atoms with E-state index in [0.717, 1.165) is 22.0 Å². The third-order valence-corrected chi connectivity index (χ3v) is 5.08. The molecule has 0 bridgehead atoms. The Morgan fingerprint density at radius 3 is 2.74 bits per heavy atom. The molecule has 3 heteroatoms. The molecule has 0 radical (unpaired) electrons. The Bertz CT molecular complexity index is 402. The molecule has 1 atom stereocenters. The van der Waals surface area contributed by atoms with Crippen LogP contribution in [0.1, 0.15) is 51.0 Å². The van der Waals surface area contributed by atoms with Gasteiger partial charge in [0.15, 0.2) is 0 Å². The molecule has 0 heterocycles. The lowest BCUT2D eigenvalue weighted by molar-refractivity contribution is 0.262. The highest BCUT2D eigenvalue weighted by atomic mass is 79.9. The van der Waals surface area contributed by atoms with Gasteiger partial charge in [0.2, 0.25) is 0 Å². The summed E-state index contributed by atoms with van der Waals surface area (Å²) in [5.74, 6) is 0.852. The summed E-state index contributed by atoms with van der Waals surface area (Å²) < 4.78 is 1.10. The van der Waals surface area contributed by atoms with Crippen LogP contribution < -0.4 is 5.32 Å². The fourth-order valence-corrected chi connectivity index (χ4v) is 3.69. The highest BCUT2D eigenvalue weighted by Crippen LogP contribution is 2.28. The number of benzene rings is 1. The summed E-state index contributed by atoms with van der Waals surface area (Å²) in [6, 6.07) is 6.70. The maximum Gasteiger partial charge on any atom is 0.0451 e. The number of halogens is 2. The van der Waals surface area contributed by atoms with Gasteiger partial charge in [-0.05, 0) is 48.9 Å². The standard InChI is InChI=1S/C16H23BrClN/c1-2-16(12-6-4-3-5-7-12)19-11-13-10-14(17)8-9-15(13)18/h8-10,12,16,19H,2-7,11H2,1H3. The average molecular weight is 345 g/mol. The summed E-state index contributed by atoms with van der Waals surface area (Å²) in [6.07, 6.45) is 8.21. The molecule has 0 aliphatic heterocycles. The molecule has 1 unspecified atom stereocenters. The predicted molar refractivity (Wildman–Crippen MR) is 86.6 cm³/mol. The van der Waals surface area contributed by atoms with Gasteiger partial charge in [-0.25, -0.2) is 0 Å². The fourth-order valence-electron chi connectivity index (χ4n) is 3.10. The van der Waals surface area contributed by atoms with E-state index in [9.17, 15) is 0 Å². The molecule has 0 saturated heterocycles. The van der Waals surface area contributed by atoms with Crippen LogP contribution in [0.3, 0.4) is 0 Å². The second kappa shape index (κ2) is 7.66. The van der Waals surface area contributed by atoms with Crippen LogP contribution in [0, 0.1) is 5.92 Å². The van der Waals surface area contributed by atoms with E-state index in [4.69, 9.17) is 11.6 Å². The lowest BCUT2D eigenvalue weighted by Crippen LogP contribution is -2.36. The molecule has 0 amide bonds. The van der Waals surface area contributed by atoms with Crippen LogP contribution in [0.5, 0.6) is 0 Å². The van der Waals surface area contributed by atoms with Gasteiger partial charge in [0.25, 0.3) is 0 Å².